The van der Waals surface area contributed by atoms with Crippen molar-refractivity contribution < 1.29 is 9.50 Å². The molecule has 0 fully saturated rings. The van der Waals surface area contributed by atoms with Gasteiger partial charge in [-0.15, -0.1) is 0 Å². The summed E-state index contributed by atoms with van der Waals surface area (Å²) in [6.07, 6.45) is 1.99. The topological polar surface area (TPSA) is 25.2 Å². The van der Waals surface area contributed by atoms with E-state index < -0.39 is 0 Å². The van der Waals surface area contributed by atoms with E-state index in [0.29, 0.717) is 0 Å². The smallest absolute Gasteiger partial charge is 0.123 e. The van der Waals surface area contributed by atoms with Gasteiger partial charge in [-0.05, 0) is 36.8 Å². The Morgan fingerprint density at radius 3 is 2.29 bits per heavy atom. The van der Waals surface area contributed by atoms with Crippen molar-refractivity contribution in [2.24, 2.45) is 0 Å². The van der Waals surface area contributed by atoms with E-state index in [-0.39, 0.29) is 12.4 Å². The van der Waals surface area contributed by atoms with Crippen molar-refractivity contribution in [3.8, 4) is 16.8 Å². The molecule has 0 saturated heterocycles. The molecule has 0 spiro atoms. The fourth-order valence-corrected chi connectivity index (χ4v) is 2.58. The number of para-hydroxylation sites is 1. The Bertz CT molecular complexity index is 745. The minimum atomic E-state index is -0.261. The lowest BCUT2D eigenvalue weighted by Crippen LogP contribution is -1.95. The van der Waals surface area contributed by atoms with Crippen molar-refractivity contribution in [3.63, 3.8) is 0 Å². The molecule has 2 aromatic carbocycles. The highest BCUT2D eigenvalue weighted by Crippen LogP contribution is 2.30. The number of rotatable bonds is 3. The molecule has 0 amide bonds. The molecule has 0 aliphatic carbocycles. The fraction of sp³-hybridized carbons (Fsp3) is 0.111. The van der Waals surface area contributed by atoms with Crippen LogP contribution in [0.3, 0.4) is 0 Å². The second-order valence-electron chi connectivity index (χ2n) is 4.98. The lowest BCUT2D eigenvalue weighted by Gasteiger charge is -2.06. The van der Waals surface area contributed by atoms with E-state index in [1.807, 2.05) is 48.0 Å². The van der Waals surface area contributed by atoms with E-state index in [1.54, 1.807) is 12.1 Å². The SMILES string of the molecule is Cc1c(CO)c(-c2ccc(F)cc2)cn1-c1ccccc1. The third kappa shape index (κ3) is 2.48. The molecule has 21 heavy (non-hydrogen) atoms. The Kier molecular flexibility index (Phi) is 3.59. The van der Waals surface area contributed by atoms with Crippen LogP contribution in [-0.4, -0.2) is 9.67 Å². The van der Waals surface area contributed by atoms with Gasteiger partial charge in [0.1, 0.15) is 5.82 Å². The maximum absolute atomic E-state index is 13.1. The summed E-state index contributed by atoms with van der Waals surface area (Å²) in [6.45, 7) is 1.93. The van der Waals surface area contributed by atoms with E-state index in [9.17, 15) is 9.50 Å². The normalized spacial score (nSPS) is 10.8. The Hall–Kier alpha value is -2.39. The summed E-state index contributed by atoms with van der Waals surface area (Å²) in [5, 5.41) is 9.69. The number of hydrogen-bond donors (Lipinski definition) is 1. The van der Waals surface area contributed by atoms with Gasteiger partial charge in [0.05, 0.1) is 6.61 Å². The zero-order valence-electron chi connectivity index (χ0n) is 11.8. The lowest BCUT2D eigenvalue weighted by molar-refractivity contribution is 0.281. The minimum absolute atomic E-state index is 0.0433. The highest BCUT2D eigenvalue weighted by molar-refractivity contribution is 5.69. The van der Waals surface area contributed by atoms with E-state index >= 15 is 0 Å². The molecule has 106 valence electrons. The second kappa shape index (κ2) is 5.54. The molecule has 1 heterocycles. The van der Waals surface area contributed by atoms with Gasteiger partial charge < -0.3 is 9.67 Å². The molecule has 3 heteroatoms. The number of benzene rings is 2. The molecule has 0 radical (unpaired) electrons. The average Bonchev–Trinajstić information content (AvgIpc) is 2.85. The first-order valence-corrected chi connectivity index (χ1v) is 6.83. The Labute approximate surface area is 123 Å². The maximum Gasteiger partial charge on any atom is 0.123 e. The molecule has 1 N–H and O–H groups in total. The molecule has 0 bridgehead atoms. The Balaban J connectivity index is 2.16. The van der Waals surface area contributed by atoms with Gasteiger partial charge in [0.25, 0.3) is 0 Å². The zero-order chi connectivity index (χ0) is 14.8. The summed E-state index contributed by atoms with van der Waals surface area (Å²) in [7, 11) is 0. The summed E-state index contributed by atoms with van der Waals surface area (Å²) in [4.78, 5) is 0. The monoisotopic (exact) mass is 281 g/mol. The summed E-state index contributed by atoms with van der Waals surface area (Å²) in [5.74, 6) is -0.261. The van der Waals surface area contributed by atoms with Gasteiger partial charge in [-0.2, -0.15) is 0 Å². The van der Waals surface area contributed by atoms with Crippen LogP contribution < -0.4 is 0 Å². The van der Waals surface area contributed by atoms with E-state index in [0.717, 1.165) is 28.1 Å². The van der Waals surface area contributed by atoms with Gasteiger partial charge in [0, 0.05) is 28.7 Å². The zero-order valence-corrected chi connectivity index (χ0v) is 11.8. The number of aromatic nitrogens is 1. The van der Waals surface area contributed by atoms with Gasteiger partial charge >= 0.3 is 0 Å². The molecule has 2 nitrogen and oxygen atoms in total. The molecule has 3 aromatic rings. The van der Waals surface area contributed by atoms with E-state index in [2.05, 4.69) is 0 Å². The molecule has 0 unspecified atom stereocenters. The fourth-order valence-electron chi connectivity index (χ4n) is 2.58. The summed E-state index contributed by atoms with van der Waals surface area (Å²) in [6, 6.07) is 16.3. The number of aliphatic hydroxyl groups excluding tert-OH is 1. The van der Waals surface area contributed by atoms with Crippen LogP contribution in [0.25, 0.3) is 16.8 Å². The van der Waals surface area contributed by atoms with Crippen LogP contribution in [0.5, 0.6) is 0 Å². The average molecular weight is 281 g/mol. The van der Waals surface area contributed by atoms with Crippen LogP contribution in [0, 0.1) is 12.7 Å². The van der Waals surface area contributed by atoms with Crippen molar-refractivity contribution in [2.75, 3.05) is 0 Å². The minimum Gasteiger partial charge on any atom is -0.392 e. The molecular formula is C18H16FNO. The molecule has 0 atom stereocenters. The van der Waals surface area contributed by atoms with Gasteiger partial charge in [-0.25, -0.2) is 4.39 Å². The molecule has 0 aliphatic rings. The van der Waals surface area contributed by atoms with Crippen LogP contribution >= 0.6 is 0 Å². The van der Waals surface area contributed by atoms with Crippen molar-refractivity contribution >= 4 is 0 Å². The highest BCUT2D eigenvalue weighted by Gasteiger charge is 2.14. The summed E-state index contributed by atoms with van der Waals surface area (Å²) in [5.41, 5.74) is 4.73. The number of nitrogens with zero attached hydrogens (tertiary/aromatic N) is 1. The van der Waals surface area contributed by atoms with Gasteiger partial charge in [0.15, 0.2) is 0 Å². The second-order valence-corrected chi connectivity index (χ2v) is 4.98. The van der Waals surface area contributed by atoms with Crippen molar-refractivity contribution in [2.45, 2.75) is 13.5 Å². The standard InChI is InChI=1S/C18H16FNO/c1-13-18(12-21)17(14-7-9-15(19)10-8-14)11-20(13)16-5-3-2-4-6-16/h2-11,21H,12H2,1H3. The first kappa shape index (κ1) is 13.6. The Morgan fingerprint density at radius 1 is 1.00 bits per heavy atom. The van der Waals surface area contributed by atoms with Crippen LogP contribution in [0.15, 0.2) is 60.8 Å². The molecule has 0 aliphatic heterocycles. The molecule has 3 rings (SSSR count). The molecular weight excluding hydrogens is 265 g/mol. The summed E-state index contributed by atoms with van der Waals surface area (Å²) >= 11 is 0. The lowest BCUT2D eigenvalue weighted by atomic mass is 10.0. The first-order chi connectivity index (χ1) is 10.2. The van der Waals surface area contributed by atoms with Crippen LogP contribution in [0.2, 0.25) is 0 Å². The van der Waals surface area contributed by atoms with Crippen LogP contribution in [0.4, 0.5) is 4.39 Å². The van der Waals surface area contributed by atoms with Gasteiger partial charge in [-0.3, -0.25) is 0 Å². The Morgan fingerprint density at radius 2 is 1.67 bits per heavy atom. The highest BCUT2D eigenvalue weighted by atomic mass is 19.1. The van der Waals surface area contributed by atoms with Crippen molar-refractivity contribution in [3.05, 3.63) is 77.9 Å². The first-order valence-electron chi connectivity index (χ1n) is 6.83. The van der Waals surface area contributed by atoms with E-state index in [4.69, 9.17) is 0 Å². The third-order valence-corrected chi connectivity index (χ3v) is 3.73. The largest absolute Gasteiger partial charge is 0.392 e. The van der Waals surface area contributed by atoms with Crippen molar-refractivity contribution in [1.29, 1.82) is 0 Å². The van der Waals surface area contributed by atoms with Crippen LogP contribution in [0.1, 0.15) is 11.3 Å². The van der Waals surface area contributed by atoms with E-state index in [1.165, 1.54) is 12.1 Å². The predicted octanol–water partition coefficient (Wildman–Crippen LogP) is 4.08. The van der Waals surface area contributed by atoms with Crippen molar-refractivity contribution in [1.82, 2.24) is 4.57 Å². The van der Waals surface area contributed by atoms with Gasteiger partial charge in [0.2, 0.25) is 0 Å². The predicted molar refractivity (Wildman–Crippen MR) is 81.8 cm³/mol. The number of hydrogen-bond acceptors (Lipinski definition) is 1. The number of aliphatic hydroxyl groups is 1. The van der Waals surface area contributed by atoms with Gasteiger partial charge in [-0.1, -0.05) is 30.3 Å². The van der Waals surface area contributed by atoms with Crippen LogP contribution in [-0.2, 0) is 6.61 Å². The number of halogens is 1. The summed E-state index contributed by atoms with van der Waals surface area (Å²) < 4.78 is 15.1. The molecule has 0 saturated carbocycles. The quantitative estimate of drug-likeness (QED) is 0.768. The maximum atomic E-state index is 13.1. The molecule has 1 aromatic heterocycles. The third-order valence-electron chi connectivity index (χ3n) is 3.73.